The van der Waals surface area contributed by atoms with Crippen LogP contribution in [0.25, 0.3) is 0 Å². The zero-order valence-electron chi connectivity index (χ0n) is 26.5. The van der Waals surface area contributed by atoms with Gasteiger partial charge in [0.05, 0.1) is 6.42 Å². The van der Waals surface area contributed by atoms with Gasteiger partial charge in [-0.1, -0.05) is 30.3 Å². The second-order valence-corrected chi connectivity index (χ2v) is 12.1. The number of alkyl carbamates (subject to hydrolysis) is 1. The van der Waals surface area contributed by atoms with Crippen LogP contribution in [0, 0.1) is 0 Å². The summed E-state index contributed by atoms with van der Waals surface area (Å²) in [5, 5.41) is 16.5. The van der Waals surface area contributed by atoms with Crippen molar-refractivity contribution in [3.63, 3.8) is 0 Å². The number of aliphatic carboxylic acids is 1. The van der Waals surface area contributed by atoms with Crippen molar-refractivity contribution in [1.29, 1.82) is 0 Å². The van der Waals surface area contributed by atoms with E-state index in [2.05, 4.69) is 16.0 Å². The Kier molecular flexibility index (Phi) is 15.0. The minimum absolute atomic E-state index is 0.142. The molecule has 0 aliphatic rings. The van der Waals surface area contributed by atoms with Crippen LogP contribution >= 0.6 is 0 Å². The molecule has 0 aliphatic heterocycles. The first-order valence-corrected chi connectivity index (χ1v) is 14.3. The number of carbonyl (C=O) groups excluding carboxylic acids is 6. The molecule has 0 saturated carbocycles. The lowest BCUT2D eigenvalue weighted by Crippen LogP contribution is -2.56. The molecular weight excluding hydrogens is 592 g/mol. The molecular formula is C30H44N4O11. The highest BCUT2D eigenvalue weighted by Gasteiger charge is 2.32. The van der Waals surface area contributed by atoms with Gasteiger partial charge in [-0.3, -0.25) is 24.0 Å². The van der Waals surface area contributed by atoms with Crippen LogP contribution in [-0.4, -0.2) is 76.2 Å². The Labute approximate surface area is 261 Å². The molecule has 3 atom stereocenters. The maximum atomic E-state index is 13.3. The van der Waals surface area contributed by atoms with E-state index < -0.39 is 77.5 Å². The van der Waals surface area contributed by atoms with Crippen molar-refractivity contribution < 1.29 is 52.9 Å². The van der Waals surface area contributed by atoms with Gasteiger partial charge in [0.25, 0.3) is 0 Å². The van der Waals surface area contributed by atoms with E-state index in [1.807, 2.05) is 0 Å². The van der Waals surface area contributed by atoms with E-state index >= 15 is 0 Å². The zero-order valence-corrected chi connectivity index (χ0v) is 26.5. The molecule has 0 fully saturated rings. The summed E-state index contributed by atoms with van der Waals surface area (Å²) < 4.78 is 15.6. The standard InChI is InChI=1S/C30H44N4O11/c1-29(2,3)44-23(36)15-13-20(27(40)41)33-25(38)19(12-14-22(31)35)32-26(39)21(16-24(37)45-30(4,5)6)34-28(42)43-17-18-10-8-7-9-11-18/h7-11,19-21H,12-17H2,1-6H3,(H2,31,35)(H,32,39)(H,33,38)(H,34,42)(H,40,41). The lowest BCUT2D eigenvalue weighted by Gasteiger charge is -2.25. The van der Waals surface area contributed by atoms with Gasteiger partial charge >= 0.3 is 24.0 Å². The summed E-state index contributed by atoms with van der Waals surface area (Å²) in [5.74, 6) is -5.84. The quantitative estimate of drug-likeness (QED) is 0.129. The number of ether oxygens (including phenoxy) is 3. The molecule has 0 bridgehead atoms. The molecule has 0 heterocycles. The fraction of sp³-hybridized carbons (Fsp3) is 0.567. The zero-order chi connectivity index (χ0) is 34.4. The van der Waals surface area contributed by atoms with Crippen LogP contribution in [0.4, 0.5) is 4.79 Å². The van der Waals surface area contributed by atoms with Crippen molar-refractivity contribution in [2.45, 2.75) is 110 Å². The van der Waals surface area contributed by atoms with Crippen LogP contribution in [0.1, 0.15) is 79.2 Å². The van der Waals surface area contributed by atoms with E-state index in [1.54, 1.807) is 71.9 Å². The fourth-order valence-corrected chi connectivity index (χ4v) is 3.68. The Morgan fingerprint density at radius 2 is 1.24 bits per heavy atom. The molecule has 1 rings (SSSR count). The van der Waals surface area contributed by atoms with Gasteiger partial charge in [-0.15, -0.1) is 0 Å². The van der Waals surface area contributed by atoms with Crippen molar-refractivity contribution in [1.82, 2.24) is 16.0 Å². The predicted octanol–water partition coefficient (Wildman–Crippen LogP) is 1.45. The number of hydrogen-bond acceptors (Lipinski definition) is 10. The molecule has 3 unspecified atom stereocenters. The third kappa shape index (κ3) is 17.3. The van der Waals surface area contributed by atoms with Gasteiger partial charge < -0.3 is 41.0 Å². The van der Waals surface area contributed by atoms with Crippen LogP contribution in [0.2, 0.25) is 0 Å². The van der Waals surface area contributed by atoms with Crippen molar-refractivity contribution in [2.24, 2.45) is 5.73 Å². The highest BCUT2D eigenvalue weighted by molar-refractivity contribution is 5.94. The van der Waals surface area contributed by atoms with Crippen molar-refractivity contribution >= 4 is 41.7 Å². The van der Waals surface area contributed by atoms with Crippen molar-refractivity contribution in [3.8, 4) is 0 Å². The molecule has 0 saturated heterocycles. The molecule has 15 nitrogen and oxygen atoms in total. The number of nitrogens with two attached hydrogens (primary N) is 1. The van der Waals surface area contributed by atoms with Crippen LogP contribution in [0.5, 0.6) is 0 Å². The lowest BCUT2D eigenvalue weighted by molar-refractivity contribution is -0.157. The van der Waals surface area contributed by atoms with Crippen molar-refractivity contribution in [2.75, 3.05) is 0 Å². The molecule has 250 valence electrons. The SMILES string of the molecule is CC(C)(C)OC(=O)CCC(NC(=O)C(CCC(N)=O)NC(=O)C(CC(=O)OC(C)(C)C)NC(=O)OCc1ccccc1)C(=O)O. The summed E-state index contributed by atoms with van der Waals surface area (Å²) in [6.07, 6.45) is -3.09. The lowest BCUT2D eigenvalue weighted by atomic mass is 10.1. The van der Waals surface area contributed by atoms with E-state index in [1.165, 1.54) is 0 Å². The number of rotatable bonds is 16. The minimum Gasteiger partial charge on any atom is -0.480 e. The normalized spacial score (nSPS) is 13.3. The number of hydrogen-bond donors (Lipinski definition) is 5. The third-order valence-electron chi connectivity index (χ3n) is 5.60. The number of primary amides is 1. The van der Waals surface area contributed by atoms with Gasteiger partial charge in [0.1, 0.15) is 35.9 Å². The molecule has 0 aliphatic carbocycles. The number of carboxylic acid groups (broad SMARTS) is 1. The third-order valence-corrected chi connectivity index (χ3v) is 5.60. The first-order chi connectivity index (χ1) is 20.8. The van der Waals surface area contributed by atoms with Crippen LogP contribution in [0.15, 0.2) is 30.3 Å². The van der Waals surface area contributed by atoms with E-state index in [4.69, 9.17) is 19.9 Å². The van der Waals surface area contributed by atoms with E-state index in [0.29, 0.717) is 5.56 Å². The summed E-state index contributed by atoms with van der Waals surface area (Å²) in [4.78, 5) is 87.0. The van der Waals surface area contributed by atoms with Crippen LogP contribution in [0.3, 0.4) is 0 Å². The number of carbonyl (C=O) groups is 7. The largest absolute Gasteiger partial charge is 0.480 e. The number of nitrogens with one attached hydrogen (secondary N) is 3. The Morgan fingerprint density at radius 1 is 0.733 bits per heavy atom. The highest BCUT2D eigenvalue weighted by atomic mass is 16.6. The first kappa shape index (κ1) is 38.3. The second kappa shape index (κ2) is 17.6. The first-order valence-electron chi connectivity index (χ1n) is 14.3. The van der Waals surface area contributed by atoms with Crippen LogP contribution in [-0.2, 0) is 49.6 Å². The highest BCUT2D eigenvalue weighted by Crippen LogP contribution is 2.12. The van der Waals surface area contributed by atoms with Gasteiger partial charge in [-0.05, 0) is 59.9 Å². The number of benzene rings is 1. The van der Waals surface area contributed by atoms with E-state index in [0.717, 1.165) is 0 Å². The maximum absolute atomic E-state index is 13.3. The molecule has 15 heteroatoms. The van der Waals surface area contributed by atoms with Gasteiger partial charge in [-0.25, -0.2) is 9.59 Å². The molecule has 0 spiro atoms. The summed E-state index contributed by atoms with van der Waals surface area (Å²) in [6, 6.07) is 4.00. The summed E-state index contributed by atoms with van der Waals surface area (Å²) in [5.41, 5.74) is 4.16. The number of amides is 4. The molecule has 1 aromatic rings. The average Bonchev–Trinajstić information content (AvgIpc) is 2.89. The summed E-state index contributed by atoms with van der Waals surface area (Å²) in [7, 11) is 0. The molecule has 6 N–H and O–H groups in total. The minimum atomic E-state index is -1.59. The summed E-state index contributed by atoms with van der Waals surface area (Å²) >= 11 is 0. The van der Waals surface area contributed by atoms with Gasteiger partial charge in [0, 0.05) is 12.8 Å². The average molecular weight is 637 g/mol. The van der Waals surface area contributed by atoms with Gasteiger partial charge in [0.15, 0.2) is 0 Å². The Balaban J connectivity index is 3.09. The Hall–Kier alpha value is -4.69. The molecule has 0 aromatic heterocycles. The number of esters is 2. The van der Waals surface area contributed by atoms with Crippen molar-refractivity contribution in [3.05, 3.63) is 35.9 Å². The second-order valence-electron chi connectivity index (χ2n) is 12.1. The Bertz CT molecular complexity index is 1210. The monoisotopic (exact) mass is 636 g/mol. The van der Waals surface area contributed by atoms with E-state index in [-0.39, 0.29) is 32.3 Å². The maximum Gasteiger partial charge on any atom is 0.408 e. The molecule has 45 heavy (non-hydrogen) atoms. The fourth-order valence-electron chi connectivity index (χ4n) is 3.68. The number of carboxylic acids is 1. The van der Waals surface area contributed by atoms with Gasteiger partial charge in [-0.2, -0.15) is 0 Å². The summed E-state index contributed by atoms with van der Waals surface area (Å²) in [6.45, 7) is 9.59. The topological polar surface area (TPSA) is 230 Å². The predicted molar refractivity (Wildman–Crippen MR) is 159 cm³/mol. The molecule has 1 aromatic carbocycles. The molecule has 4 amide bonds. The molecule has 0 radical (unpaired) electrons. The smallest absolute Gasteiger partial charge is 0.408 e. The van der Waals surface area contributed by atoms with E-state index in [9.17, 15) is 38.7 Å². The Morgan fingerprint density at radius 3 is 1.78 bits per heavy atom. The van der Waals surface area contributed by atoms with Crippen LogP contribution < -0.4 is 21.7 Å². The van der Waals surface area contributed by atoms with Gasteiger partial charge in [0.2, 0.25) is 17.7 Å².